The van der Waals surface area contributed by atoms with Gasteiger partial charge in [0.25, 0.3) is 0 Å². The van der Waals surface area contributed by atoms with E-state index in [1.807, 2.05) is 18.3 Å². The minimum absolute atomic E-state index is 0.316. The lowest BCUT2D eigenvalue weighted by molar-refractivity contribution is 0.240. The topological polar surface area (TPSA) is 45.4 Å². The van der Waals surface area contributed by atoms with E-state index in [-0.39, 0.29) is 0 Å². The highest BCUT2D eigenvalue weighted by molar-refractivity contribution is 5.38. The molecular formula is C13H22N4. The fourth-order valence-corrected chi connectivity index (χ4v) is 2.16. The molecule has 0 radical (unpaired) electrons. The minimum atomic E-state index is 0.316. The summed E-state index contributed by atoms with van der Waals surface area (Å²) in [5, 5.41) is 0. The van der Waals surface area contributed by atoms with Crippen molar-refractivity contribution < 1.29 is 0 Å². The molecule has 17 heavy (non-hydrogen) atoms. The fraction of sp³-hybridized carbons (Fsp3) is 0.615. The summed E-state index contributed by atoms with van der Waals surface area (Å²) in [5.41, 5.74) is 5.98. The first-order chi connectivity index (χ1) is 8.29. The Morgan fingerprint density at radius 2 is 2.06 bits per heavy atom. The van der Waals surface area contributed by atoms with Crippen molar-refractivity contribution in [3.63, 3.8) is 0 Å². The standard InChI is InChI=1S/C13H22N4/c1-2-12(14)11-16-7-9-17(10-8-16)13-5-3-4-6-15-13/h3-6,12H,2,7-11,14H2,1H3. The third kappa shape index (κ3) is 3.41. The number of aromatic nitrogens is 1. The van der Waals surface area contributed by atoms with Crippen LogP contribution in [0.1, 0.15) is 13.3 Å². The Kier molecular flexibility index (Phi) is 4.34. The first kappa shape index (κ1) is 12.3. The third-order valence-electron chi connectivity index (χ3n) is 3.36. The summed E-state index contributed by atoms with van der Waals surface area (Å²) in [7, 11) is 0. The van der Waals surface area contributed by atoms with E-state index in [1.54, 1.807) is 0 Å². The van der Waals surface area contributed by atoms with Gasteiger partial charge in [-0.1, -0.05) is 13.0 Å². The number of rotatable bonds is 4. The lowest BCUT2D eigenvalue weighted by atomic mass is 10.2. The predicted molar refractivity (Wildman–Crippen MR) is 71.2 cm³/mol. The smallest absolute Gasteiger partial charge is 0.128 e. The molecule has 0 saturated carbocycles. The van der Waals surface area contributed by atoms with E-state index >= 15 is 0 Å². The van der Waals surface area contributed by atoms with Gasteiger partial charge in [-0.3, -0.25) is 4.90 Å². The molecule has 0 aromatic carbocycles. The Morgan fingerprint density at radius 3 is 2.65 bits per heavy atom. The zero-order valence-corrected chi connectivity index (χ0v) is 10.5. The van der Waals surface area contributed by atoms with E-state index < -0.39 is 0 Å². The highest BCUT2D eigenvalue weighted by atomic mass is 15.3. The lowest BCUT2D eigenvalue weighted by Gasteiger charge is -2.36. The molecule has 1 atom stereocenters. The molecule has 1 aliphatic heterocycles. The molecular weight excluding hydrogens is 212 g/mol. The van der Waals surface area contributed by atoms with Crippen molar-refractivity contribution in [2.45, 2.75) is 19.4 Å². The van der Waals surface area contributed by atoms with Crippen LogP contribution in [0.4, 0.5) is 5.82 Å². The molecule has 4 nitrogen and oxygen atoms in total. The lowest BCUT2D eigenvalue weighted by Crippen LogP contribution is -2.50. The van der Waals surface area contributed by atoms with E-state index in [0.717, 1.165) is 45.0 Å². The molecule has 0 spiro atoms. The zero-order valence-electron chi connectivity index (χ0n) is 10.5. The van der Waals surface area contributed by atoms with Gasteiger partial charge in [0.15, 0.2) is 0 Å². The van der Waals surface area contributed by atoms with Gasteiger partial charge in [-0.2, -0.15) is 0 Å². The summed E-state index contributed by atoms with van der Waals surface area (Å²) < 4.78 is 0. The van der Waals surface area contributed by atoms with Gasteiger partial charge in [0.05, 0.1) is 0 Å². The summed E-state index contributed by atoms with van der Waals surface area (Å²) in [6.07, 6.45) is 2.91. The average molecular weight is 234 g/mol. The molecule has 0 aliphatic carbocycles. The minimum Gasteiger partial charge on any atom is -0.354 e. The third-order valence-corrected chi connectivity index (χ3v) is 3.36. The normalized spacial score (nSPS) is 19.3. The van der Waals surface area contributed by atoms with Gasteiger partial charge < -0.3 is 10.6 Å². The van der Waals surface area contributed by atoms with E-state index in [9.17, 15) is 0 Å². The van der Waals surface area contributed by atoms with Crippen molar-refractivity contribution in [3.8, 4) is 0 Å². The second-order valence-electron chi connectivity index (χ2n) is 4.64. The molecule has 1 aliphatic rings. The maximum absolute atomic E-state index is 5.98. The summed E-state index contributed by atoms with van der Waals surface area (Å²) in [6, 6.07) is 6.39. The Balaban J connectivity index is 1.82. The van der Waals surface area contributed by atoms with E-state index in [1.165, 1.54) is 0 Å². The van der Waals surface area contributed by atoms with Crippen LogP contribution in [-0.4, -0.2) is 48.6 Å². The van der Waals surface area contributed by atoms with Gasteiger partial charge >= 0.3 is 0 Å². The van der Waals surface area contributed by atoms with Gasteiger partial charge in [-0.15, -0.1) is 0 Å². The monoisotopic (exact) mass is 234 g/mol. The number of anilines is 1. The van der Waals surface area contributed by atoms with Crippen LogP contribution in [0.25, 0.3) is 0 Å². The Bertz CT molecular complexity index is 319. The largest absolute Gasteiger partial charge is 0.354 e. The SMILES string of the molecule is CCC(N)CN1CCN(c2ccccn2)CC1. The Labute approximate surface area is 103 Å². The average Bonchev–Trinajstić information content (AvgIpc) is 2.40. The van der Waals surface area contributed by atoms with Crippen LogP contribution in [-0.2, 0) is 0 Å². The van der Waals surface area contributed by atoms with Gasteiger partial charge in [0.1, 0.15) is 5.82 Å². The van der Waals surface area contributed by atoms with Crippen molar-refractivity contribution in [2.24, 2.45) is 5.73 Å². The molecule has 4 heteroatoms. The zero-order chi connectivity index (χ0) is 12.1. The summed E-state index contributed by atoms with van der Waals surface area (Å²) >= 11 is 0. The quantitative estimate of drug-likeness (QED) is 0.842. The number of pyridine rings is 1. The molecule has 1 aromatic heterocycles. The molecule has 2 rings (SSSR count). The van der Waals surface area contributed by atoms with Crippen LogP contribution in [0.3, 0.4) is 0 Å². The highest BCUT2D eigenvalue weighted by Crippen LogP contribution is 2.12. The molecule has 2 heterocycles. The molecule has 94 valence electrons. The summed E-state index contributed by atoms with van der Waals surface area (Å²) in [5.74, 6) is 1.09. The maximum Gasteiger partial charge on any atom is 0.128 e. The van der Waals surface area contributed by atoms with Gasteiger partial charge in [-0.25, -0.2) is 4.98 Å². The first-order valence-electron chi connectivity index (χ1n) is 6.43. The van der Waals surface area contributed by atoms with Crippen LogP contribution < -0.4 is 10.6 Å². The number of hydrogen-bond acceptors (Lipinski definition) is 4. The maximum atomic E-state index is 5.98. The summed E-state index contributed by atoms with van der Waals surface area (Å²) in [4.78, 5) is 9.18. The molecule has 1 saturated heterocycles. The second kappa shape index (κ2) is 5.98. The first-order valence-corrected chi connectivity index (χ1v) is 6.43. The highest BCUT2D eigenvalue weighted by Gasteiger charge is 2.18. The van der Waals surface area contributed by atoms with Crippen molar-refractivity contribution in [3.05, 3.63) is 24.4 Å². The van der Waals surface area contributed by atoms with Gasteiger partial charge in [0.2, 0.25) is 0 Å². The van der Waals surface area contributed by atoms with Crippen molar-refractivity contribution in [1.29, 1.82) is 0 Å². The number of piperazine rings is 1. The van der Waals surface area contributed by atoms with Gasteiger partial charge in [0, 0.05) is 45.0 Å². The van der Waals surface area contributed by atoms with Crippen LogP contribution in [0.2, 0.25) is 0 Å². The number of hydrogen-bond donors (Lipinski definition) is 1. The second-order valence-corrected chi connectivity index (χ2v) is 4.64. The molecule has 0 bridgehead atoms. The number of nitrogens with zero attached hydrogens (tertiary/aromatic N) is 3. The van der Waals surface area contributed by atoms with E-state index in [4.69, 9.17) is 5.73 Å². The Hall–Kier alpha value is -1.13. The number of nitrogens with two attached hydrogens (primary N) is 1. The van der Waals surface area contributed by atoms with Crippen molar-refractivity contribution in [2.75, 3.05) is 37.6 Å². The van der Waals surface area contributed by atoms with Gasteiger partial charge in [-0.05, 0) is 18.6 Å². The molecule has 0 amide bonds. The molecule has 2 N–H and O–H groups in total. The predicted octanol–water partition coefficient (Wildman–Crippen LogP) is 0.941. The summed E-state index contributed by atoms with van der Waals surface area (Å²) in [6.45, 7) is 7.44. The van der Waals surface area contributed by atoms with Crippen LogP contribution in [0, 0.1) is 0 Å². The van der Waals surface area contributed by atoms with Crippen LogP contribution in [0.15, 0.2) is 24.4 Å². The molecule has 1 fully saturated rings. The van der Waals surface area contributed by atoms with Crippen LogP contribution >= 0.6 is 0 Å². The Morgan fingerprint density at radius 1 is 1.29 bits per heavy atom. The fourth-order valence-electron chi connectivity index (χ4n) is 2.16. The van der Waals surface area contributed by atoms with E-state index in [2.05, 4.69) is 27.8 Å². The van der Waals surface area contributed by atoms with Crippen LogP contribution in [0.5, 0.6) is 0 Å². The van der Waals surface area contributed by atoms with Crippen molar-refractivity contribution in [1.82, 2.24) is 9.88 Å². The molecule has 1 aromatic rings. The van der Waals surface area contributed by atoms with Crippen molar-refractivity contribution >= 4 is 5.82 Å². The molecule has 1 unspecified atom stereocenters. The van der Waals surface area contributed by atoms with E-state index in [0.29, 0.717) is 6.04 Å².